The minimum absolute atomic E-state index is 0.108. The standard InChI is InChI=1S/C24H25N3O2/c1-18-6-8-19(9-7-18)24(28)26-21-12-10-20(11-13-21)25-22-4-2-3-5-23(22)27-14-16-29-17-15-27/h2-13,25H,14-17H2,1H3,(H,26,28). The molecule has 2 N–H and O–H groups in total. The van der Waals surface area contributed by atoms with Crippen LogP contribution in [-0.4, -0.2) is 32.2 Å². The molecule has 0 saturated carbocycles. The van der Waals surface area contributed by atoms with Gasteiger partial charge in [0.2, 0.25) is 0 Å². The predicted molar refractivity (Wildman–Crippen MR) is 118 cm³/mol. The summed E-state index contributed by atoms with van der Waals surface area (Å²) < 4.78 is 5.47. The lowest BCUT2D eigenvalue weighted by molar-refractivity contribution is 0.102. The number of hydrogen-bond acceptors (Lipinski definition) is 4. The summed E-state index contributed by atoms with van der Waals surface area (Å²) >= 11 is 0. The van der Waals surface area contributed by atoms with Gasteiger partial charge in [0.25, 0.3) is 5.91 Å². The van der Waals surface area contributed by atoms with Gasteiger partial charge in [-0.1, -0.05) is 29.8 Å². The van der Waals surface area contributed by atoms with Crippen molar-refractivity contribution in [1.29, 1.82) is 0 Å². The van der Waals surface area contributed by atoms with E-state index in [1.165, 1.54) is 5.69 Å². The summed E-state index contributed by atoms with van der Waals surface area (Å²) in [5.41, 5.74) is 5.76. The van der Waals surface area contributed by atoms with E-state index in [1.807, 2.05) is 61.5 Å². The van der Waals surface area contributed by atoms with Gasteiger partial charge in [0.1, 0.15) is 0 Å². The zero-order chi connectivity index (χ0) is 20.1. The van der Waals surface area contributed by atoms with E-state index in [2.05, 4.69) is 33.7 Å². The second-order valence-electron chi connectivity index (χ2n) is 7.14. The molecule has 3 aromatic carbocycles. The van der Waals surface area contributed by atoms with E-state index < -0.39 is 0 Å². The second-order valence-corrected chi connectivity index (χ2v) is 7.14. The van der Waals surface area contributed by atoms with Crippen molar-refractivity contribution < 1.29 is 9.53 Å². The van der Waals surface area contributed by atoms with E-state index in [9.17, 15) is 4.79 Å². The van der Waals surface area contributed by atoms with Crippen LogP contribution in [0.3, 0.4) is 0 Å². The fourth-order valence-electron chi connectivity index (χ4n) is 3.36. The highest BCUT2D eigenvalue weighted by molar-refractivity contribution is 6.04. The average Bonchev–Trinajstić information content (AvgIpc) is 2.76. The number of nitrogens with zero attached hydrogens (tertiary/aromatic N) is 1. The number of aryl methyl sites for hydroxylation is 1. The van der Waals surface area contributed by atoms with Crippen molar-refractivity contribution in [2.75, 3.05) is 41.8 Å². The molecule has 1 fully saturated rings. The Morgan fingerprint density at radius 1 is 0.862 bits per heavy atom. The van der Waals surface area contributed by atoms with Gasteiger partial charge < -0.3 is 20.3 Å². The van der Waals surface area contributed by atoms with Crippen molar-refractivity contribution in [2.45, 2.75) is 6.92 Å². The number of hydrogen-bond donors (Lipinski definition) is 2. The van der Waals surface area contributed by atoms with Crippen LogP contribution in [0.15, 0.2) is 72.8 Å². The molecule has 0 bridgehead atoms. The summed E-state index contributed by atoms with van der Waals surface area (Å²) in [6, 6.07) is 23.6. The zero-order valence-corrected chi connectivity index (χ0v) is 16.5. The van der Waals surface area contributed by atoms with Gasteiger partial charge in [0, 0.05) is 30.0 Å². The summed E-state index contributed by atoms with van der Waals surface area (Å²) in [4.78, 5) is 14.7. The normalized spacial score (nSPS) is 13.8. The van der Waals surface area contributed by atoms with Crippen LogP contribution in [0.4, 0.5) is 22.7 Å². The summed E-state index contributed by atoms with van der Waals surface area (Å²) in [6.45, 7) is 5.30. The van der Waals surface area contributed by atoms with Gasteiger partial charge in [0.05, 0.1) is 24.6 Å². The first kappa shape index (κ1) is 19.0. The van der Waals surface area contributed by atoms with E-state index in [-0.39, 0.29) is 5.91 Å². The third kappa shape index (κ3) is 4.76. The minimum Gasteiger partial charge on any atom is -0.378 e. The maximum Gasteiger partial charge on any atom is 0.255 e. The molecule has 1 aliphatic heterocycles. The van der Waals surface area contributed by atoms with Crippen LogP contribution in [0, 0.1) is 6.92 Å². The first-order chi connectivity index (χ1) is 14.2. The van der Waals surface area contributed by atoms with Gasteiger partial charge in [-0.25, -0.2) is 0 Å². The Hall–Kier alpha value is -3.31. The van der Waals surface area contributed by atoms with Crippen molar-refractivity contribution in [3.8, 4) is 0 Å². The Morgan fingerprint density at radius 2 is 1.52 bits per heavy atom. The molecule has 0 unspecified atom stereocenters. The maximum atomic E-state index is 12.4. The molecule has 29 heavy (non-hydrogen) atoms. The summed E-state index contributed by atoms with van der Waals surface area (Å²) in [6.07, 6.45) is 0. The van der Waals surface area contributed by atoms with Crippen molar-refractivity contribution >= 4 is 28.7 Å². The molecule has 1 aliphatic rings. The van der Waals surface area contributed by atoms with E-state index >= 15 is 0 Å². The van der Waals surface area contributed by atoms with Gasteiger partial charge in [-0.2, -0.15) is 0 Å². The molecule has 3 aromatic rings. The average molecular weight is 387 g/mol. The topological polar surface area (TPSA) is 53.6 Å². The molecule has 1 saturated heterocycles. The number of morpholine rings is 1. The molecule has 0 radical (unpaired) electrons. The molecule has 0 aromatic heterocycles. The maximum absolute atomic E-state index is 12.4. The van der Waals surface area contributed by atoms with Crippen LogP contribution >= 0.6 is 0 Å². The number of carbonyl (C=O) groups is 1. The van der Waals surface area contributed by atoms with Crippen molar-refractivity contribution in [3.05, 3.63) is 83.9 Å². The third-order valence-electron chi connectivity index (χ3n) is 4.99. The minimum atomic E-state index is -0.108. The Kier molecular flexibility index (Phi) is 5.77. The smallest absolute Gasteiger partial charge is 0.255 e. The van der Waals surface area contributed by atoms with Crippen LogP contribution in [-0.2, 0) is 4.74 Å². The lowest BCUT2D eigenvalue weighted by Gasteiger charge is -2.30. The van der Waals surface area contributed by atoms with Gasteiger partial charge in [-0.15, -0.1) is 0 Å². The zero-order valence-electron chi connectivity index (χ0n) is 16.5. The lowest BCUT2D eigenvalue weighted by atomic mass is 10.1. The molecule has 5 nitrogen and oxygen atoms in total. The Labute approximate surface area is 171 Å². The van der Waals surface area contributed by atoms with E-state index in [0.29, 0.717) is 5.56 Å². The van der Waals surface area contributed by atoms with Crippen molar-refractivity contribution in [2.24, 2.45) is 0 Å². The molecule has 1 amide bonds. The van der Waals surface area contributed by atoms with E-state index in [1.54, 1.807) is 0 Å². The highest BCUT2D eigenvalue weighted by Gasteiger charge is 2.14. The van der Waals surface area contributed by atoms with Crippen molar-refractivity contribution in [1.82, 2.24) is 0 Å². The number of para-hydroxylation sites is 2. The largest absolute Gasteiger partial charge is 0.378 e. The number of amides is 1. The van der Waals surface area contributed by atoms with E-state index in [4.69, 9.17) is 4.74 Å². The van der Waals surface area contributed by atoms with Crippen LogP contribution in [0.1, 0.15) is 15.9 Å². The number of carbonyl (C=O) groups excluding carboxylic acids is 1. The molecule has 148 valence electrons. The quantitative estimate of drug-likeness (QED) is 0.659. The van der Waals surface area contributed by atoms with Crippen LogP contribution in [0.5, 0.6) is 0 Å². The number of benzene rings is 3. The summed E-state index contributed by atoms with van der Waals surface area (Å²) in [5.74, 6) is -0.108. The fourth-order valence-corrected chi connectivity index (χ4v) is 3.36. The SMILES string of the molecule is Cc1ccc(C(=O)Nc2ccc(Nc3ccccc3N3CCOCC3)cc2)cc1. The second kappa shape index (κ2) is 8.80. The Morgan fingerprint density at radius 3 is 2.24 bits per heavy atom. The van der Waals surface area contributed by atoms with Crippen molar-refractivity contribution in [3.63, 3.8) is 0 Å². The van der Waals surface area contributed by atoms with Crippen LogP contribution < -0.4 is 15.5 Å². The van der Waals surface area contributed by atoms with Crippen LogP contribution in [0.2, 0.25) is 0 Å². The number of rotatable bonds is 5. The molecular formula is C24H25N3O2. The number of ether oxygens (including phenoxy) is 1. The number of nitrogens with one attached hydrogen (secondary N) is 2. The highest BCUT2D eigenvalue weighted by atomic mass is 16.5. The molecular weight excluding hydrogens is 362 g/mol. The van der Waals surface area contributed by atoms with Crippen LogP contribution in [0.25, 0.3) is 0 Å². The predicted octanol–water partition coefficient (Wildman–Crippen LogP) is 4.83. The molecule has 0 spiro atoms. The summed E-state index contributed by atoms with van der Waals surface area (Å²) in [7, 11) is 0. The monoisotopic (exact) mass is 387 g/mol. The van der Waals surface area contributed by atoms with Gasteiger partial charge >= 0.3 is 0 Å². The summed E-state index contributed by atoms with van der Waals surface area (Å²) in [5, 5.41) is 6.44. The molecule has 1 heterocycles. The third-order valence-corrected chi connectivity index (χ3v) is 4.99. The fraction of sp³-hybridized carbons (Fsp3) is 0.208. The van der Waals surface area contributed by atoms with Gasteiger partial charge in [-0.3, -0.25) is 4.79 Å². The molecule has 4 rings (SSSR count). The molecule has 5 heteroatoms. The molecule has 0 atom stereocenters. The van der Waals surface area contributed by atoms with Gasteiger partial charge in [0.15, 0.2) is 0 Å². The Bertz CT molecular complexity index is 962. The first-order valence-corrected chi connectivity index (χ1v) is 9.86. The molecule has 0 aliphatic carbocycles. The number of anilines is 4. The van der Waals surface area contributed by atoms with Gasteiger partial charge in [-0.05, 0) is 55.5 Å². The Balaban J connectivity index is 1.43. The lowest BCUT2D eigenvalue weighted by Crippen LogP contribution is -2.36. The highest BCUT2D eigenvalue weighted by Crippen LogP contribution is 2.29. The first-order valence-electron chi connectivity index (χ1n) is 9.86. The van der Waals surface area contributed by atoms with E-state index in [0.717, 1.165) is 48.9 Å².